The van der Waals surface area contributed by atoms with E-state index in [1.807, 2.05) is 0 Å². The third-order valence-corrected chi connectivity index (χ3v) is 16.2. The molecule has 0 bridgehead atoms. The van der Waals surface area contributed by atoms with Crippen molar-refractivity contribution in [2.24, 2.45) is 0 Å². The van der Waals surface area contributed by atoms with Crippen LogP contribution in [0.2, 0.25) is 0 Å². The minimum absolute atomic E-state index is 0.583. The SMILES string of the molecule is c1ccc(-c2ccc(-c3nc(-c4ccc5c6ccccc6c6ccccc6c5c4)nc(-c4ccccc4-n4c5cc(-c6ccccc6)ccc5c5c(-c6cccc7c6c6ccccc6n7-c6ccccc6)cccc54)n3)cc2)cc1. The zero-order valence-corrected chi connectivity index (χ0v) is 43.4. The maximum atomic E-state index is 5.53. The number of rotatable bonds is 8. The van der Waals surface area contributed by atoms with E-state index in [-0.39, 0.29) is 0 Å². The average molecular weight is 1020 g/mol. The van der Waals surface area contributed by atoms with Crippen LogP contribution >= 0.6 is 0 Å². The Bertz CT molecular complexity index is 5060. The van der Waals surface area contributed by atoms with Crippen LogP contribution in [0, 0.1) is 0 Å². The summed E-state index contributed by atoms with van der Waals surface area (Å²) in [5.41, 5.74) is 16.2. The molecular formula is C75H47N5. The first-order valence-corrected chi connectivity index (χ1v) is 27.3. The number of hydrogen-bond donors (Lipinski definition) is 0. The summed E-state index contributed by atoms with van der Waals surface area (Å²) >= 11 is 0. The summed E-state index contributed by atoms with van der Waals surface area (Å²) in [6.07, 6.45) is 0. The van der Waals surface area contributed by atoms with Gasteiger partial charge in [-0.1, -0.05) is 231 Å². The molecule has 0 aliphatic rings. The molecule has 0 amide bonds. The predicted molar refractivity (Wildman–Crippen MR) is 334 cm³/mol. The van der Waals surface area contributed by atoms with E-state index in [9.17, 15) is 0 Å². The van der Waals surface area contributed by atoms with Gasteiger partial charge in [0.2, 0.25) is 0 Å². The van der Waals surface area contributed by atoms with Crippen molar-refractivity contribution in [3.05, 3.63) is 285 Å². The van der Waals surface area contributed by atoms with E-state index in [0.717, 1.165) is 83.2 Å². The molecule has 5 heteroatoms. The first-order valence-electron chi connectivity index (χ1n) is 27.3. The van der Waals surface area contributed by atoms with Crippen LogP contribution in [0.15, 0.2) is 285 Å². The molecule has 372 valence electrons. The molecule has 16 rings (SSSR count). The van der Waals surface area contributed by atoms with Gasteiger partial charge in [-0.3, -0.25) is 0 Å². The Balaban J connectivity index is 0.946. The van der Waals surface area contributed by atoms with E-state index in [0.29, 0.717) is 17.5 Å². The van der Waals surface area contributed by atoms with E-state index < -0.39 is 0 Å². The highest BCUT2D eigenvalue weighted by Gasteiger charge is 2.24. The molecule has 0 atom stereocenters. The summed E-state index contributed by atoms with van der Waals surface area (Å²) in [7, 11) is 0. The van der Waals surface area contributed by atoms with Crippen LogP contribution in [-0.4, -0.2) is 24.1 Å². The number of nitrogens with zero attached hydrogens (tertiary/aromatic N) is 5. The summed E-state index contributed by atoms with van der Waals surface area (Å²) in [6, 6.07) is 102. The number of hydrogen-bond acceptors (Lipinski definition) is 3. The largest absolute Gasteiger partial charge is 0.309 e. The second-order valence-corrected chi connectivity index (χ2v) is 20.6. The predicted octanol–water partition coefficient (Wildman–Crippen LogP) is 19.5. The Kier molecular flexibility index (Phi) is 10.5. The monoisotopic (exact) mass is 1020 g/mol. The van der Waals surface area contributed by atoms with Gasteiger partial charge in [-0.15, -0.1) is 0 Å². The van der Waals surface area contributed by atoms with Crippen molar-refractivity contribution >= 4 is 75.9 Å². The van der Waals surface area contributed by atoms with Crippen LogP contribution in [0.4, 0.5) is 0 Å². The van der Waals surface area contributed by atoms with Gasteiger partial charge in [-0.2, -0.15) is 0 Å². The normalized spacial score (nSPS) is 11.8. The van der Waals surface area contributed by atoms with Crippen LogP contribution in [-0.2, 0) is 0 Å². The number of fused-ring (bicyclic) bond motifs is 12. The summed E-state index contributed by atoms with van der Waals surface area (Å²) < 4.78 is 4.84. The van der Waals surface area contributed by atoms with Crippen molar-refractivity contribution in [1.29, 1.82) is 0 Å². The van der Waals surface area contributed by atoms with Gasteiger partial charge in [0, 0.05) is 43.9 Å². The molecule has 80 heavy (non-hydrogen) atoms. The van der Waals surface area contributed by atoms with Gasteiger partial charge in [0.05, 0.1) is 27.8 Å². The van der Waals surface area contributed by atoms with Crippen molar-refractivity contribution in [3.63, 3.8) is 0 Å². The first kappa shape index (κ1) is 45.4. The van der Waals surface area contributed by atoms with Gasteiger partial charge < -0.3 is 9.13 Å². The van der Waals surface area contributed by atoms with Crippen molar-refractivity contribution in [2.45, 2.75) is 0 Å². The molecule has 0 saturated heterocycles. The Hall–Kier alpha value is -10.8. The second-order valence-electron chi connectivity index (χ2n) is 20.6. The van der Waals surface area contributed by atoms with Gasteiger partial charge in [0.25, 0.3) is 0 Å². The minimum Gasteiger partial charge on any atom is -0.309 e. The summed E-state index contributed by atoms with van der Waals surface area (Å²) in [5, 5.41) is 12.0. The van der Waals surface area contributed by atoms with Gasteiger partial charge >= 0.3 is 0 Å². The highest BCUT2D eigenvalue weighted by Crippen LogP contribution is 2.46. The highest BCUT2D eigenvalue weighted by atomic mass is 15.1. The standard InChI is InChI=1S/C75H47N5/c1-4-20-48(21-5-1)50-38-40-51(41-39-50)73-76-74(53-43-44-59-57-28-11-10-26-55(57)56-27-12-13-29-58(56)65(59)46-53)78-75(77-73)64-31-15-17-35-67(64)80-69-37-19-33-61(72(69)63-45-42-52(47-70(63)80)49-22-6-2-7-23-49)60-32-18-36-68-71(60)62-30-14-16-34-66(62)79(68)54-24-8-3-9-25-54/h1-47H. The molecule has 0 unspecified atom stereocenters. The molecule has 3 aromatic heterocycles. The quantitative estimate of drug-likeness (QED) is 0.143. The lowest BCUT2D eigenvalue weighted by Crippen LogP contribution is -2.03. The molecule has 0 aliphatic carbocycles. The zero-order valence-electron chi connectivity index (χ0n) is 43.4. The molecule has 0 aliphatic heterocycles. The Morgan fingerprint density at radius 1 is 0.212 bits per heavy atom. The molecule has 0 saturated carbocycles. The third kappa shape index (κ3) is 7.29. The molecule has 0 spiro atoms. The molecule has 0 radical (unpaired) electrons. The van der Waals surface area contributed by atoms with Crippen molar-refractivity contribution in [3.8, 4) is 78.9 Å². The van der Waals surface area contributed by atoms with Gasteiger partial charge in [0.15, 0.2) is 17.5 Å². The fourth-order valence-electron chi connectivity index (χ4n) is 12.6. The molecule has 0 fully saturated rings. The maximum Gasteiger partial charge on any atom is 0.166 e. The smallest absolute Gasteiger partial charge is 0.166 e. The lowest BCUT2D eigenvalue weighted by Gasteiger charge is -2.16. The van der Waals surface area contributed by atoms with Gasteiger partial charge in [-0.05, 0) is 120 Å². The number of para-hydroxylation sites is 3. The maximum absolute atomic E-state index is 5.53. The van der Waals surface area contributed by atoms with Crippen molar-refractivity contribution in [1.82, 2.24) is 24.1 Å². The molecular weight excluding hydrogens is 971 g/mol. The number of aromatic nitrogens is 5. The van der Waals surface area contributed by atoms with E-state index in [4.69, 9.17) is 15.0 Å². The van der Waals surface area contributed by atoms with Crippen molar-refractivity contribution in [2.75, 3.05) is 0 Å². The summed E-state index contributed by atoms with van der Waals surface area (Å²) in [6.45, 7) is 0. The lowest BCUT2D eigenvalue weighted by molar-refractivity contribution is 1.06. The van der Waals surface area contributed by atoms with Crippen molar-refractivity contribution < 1.29 is 0 Å². The van der Waals surface area contributed by atoms with Crippen LogP contribution < -0.4 is 0 Å². The lowest BCUT2D eigenvalue weighted by atomic mass is 9.93. The van der Waals surface area contributed by atoms with Crippen LogP contribution in [0.25, 0.3) is 155 Å². The Morgan fingerprint density at radius 3 is 1.29 bits per heavy atom. The van der Waals surface area contributed by atoms with E-state index >= 15 is 0 Å². The summed E-state index contributed by atoms with van der Waals surface area (Å²) in [4.78, 5) is 16.4. The fraction of sp³-hybridized carbons (Fsp3) is 0. The molecule has 5 nitrogen and oxygen atoms in total. The van der Waals surface area contributed by atoms with E-state index in [1.54, 1.807) is 0 Å². The van der Waals surface area contributed by atoms with Crippen LogP contribution in [0.3, 0.4) is 0 Å². The van der Waals surface area contributed by atoms with Crippen LogP contribution in [0.5, 0.6) is 0 Å². The Morgan fingerprint density at radius 2 is 0.625 bits per heavy atom. The topological polar surface area (TPSA) is 48.5 Å². The van der Waals surface area contributed by atoms with Crippen LogP contribution in [0.1, 0.15) is 0 Å². The number of benzene rings is 13. The third-order valence-electron chi connectivity index (χ3n) is 16.2. The second kappa shape index (κ2) is 18.5. The first-order chi connectivity index (χ1) is 39.7. The molecule has 13 aromatic carbocycles. The molecule has 16 aromatic rings. The molecule has 3 heterocycles. The Labute approximate surface area is 461 Å². The highest BCUT2D eigenvalue weighted by molar-refractivity contribution is 6.26. The minimum atomic E-state index is 0.583. The average Bonchev–Trinajstić information content (AvgIpc) is 4.20. The fourth-order valence-corrected chi connectivity index (χ4v) is 12.6. The van der Waals surface area contributed by atoms with E-state index in [1.165, 1.54) is 54.2 Å². The summed E-state index contributed by atoms with van der Waals surface area (Å²) in [5.74, 6) is 1.78. The van der Waals surface area contributed by atoms with E-state index in [2.05, 4.69) is 294 Å². The van der Waals surface area contributed by atoms with Gasteiger partial charge in [-0.25, -0.2) is 15.0 Å². The molecule has 0 N–H and O–H groups in total. The zero-order chi connectivity index (χ0) is 52.7. The van der Waals surface area contributed by atoms with Gasteiger partial charge in [0.1, 0.15) is 0 Å².